The molecule has 0 saturated heterocycles. The van der Waals surface area contributed by atoms with Gasteiger partial charge < -0.3 is 19.7 Å². The normalized spacial score (nSPS) is 11.7. The average Bonchev–Trinajstić information content (AvgIpc) is 2.88. The number of benzene rings is 3. The highest BCUT2D eigenvalue weighted by Crippen LogP contribution is 2.27. The van der Waals surface area contributed by atoms with E-state index in [0.717, 1.165) is 5.69 Å². The Balaban J connectivity index is 1.54. The molecule has 1 aromatic heterocycles. The van der Waals surface area contributed by atoms with E-state index in [1.165, 1.54) is 19.1 Å². The molecule has 0 fully saturated rings. The second-order valence-electron chi connectivity index (χ2n) is 8.45. The van der Waals surface area contributed by atoms with Crippen LogP contribution in [0.25, 0.3) is 22.2 Å². The molecule has 9 heteroatoms. The van der Waals surface area contributed by atoms with Gasteiger partial charge in [-0.25, -0.2) is 9.78 Å². The van der Waals surface area contributed by atoms with E-state index in [9.17, 15) is 18.4 Å². The SMILES string of the molecule is CC(OC(=O)c1cc(-c2ccc(OC(F)F)cc2)nc2ccccc12)C(=O)Nc1ccc(N(C)C)cc1. The van der Waals surface area contributed by atoms with Gasteiger partial charge in [-0.15, -0.1) is 0 Å². The predicted molar refractivity (Wildman–Crippen MR) is 138 cm³/mol. The highest BCUT2D eigenvalue weighted by Gasteiger charge is 2.22. The van der Waals surface area contributed by atoms with E-state index in [1.54, 1.807) is 54.6 Å². The fraction of sp³-hybridized carbons (Fsp3) is 0.179. The first-order valence-corrected chi connectivity index (χ1v) is 11.5. The van der Waals surface area contributed by atoms with Gasteiger partial charge in [0.1, 0.15) is 5.75 Å². The summed E-state index contributed by atoms with van der Waals surface area (Å²) >= 11 is 0. The van der Waals surface area contributed by atoms with Crippen LogP contribution in [0.4, 0.5) is 20.2 Å². The molecule has 1 amide bonds. The van der Waals surface area contributed by atoms with Gasteiger partial charge in [-0.2, -0.15) is 8.78 Å². The summed E-state index contributed by atoms with van der Waals surface area (Å²) in [4.78, 5) is 32.4. The summed E-state index contributed by atoms with van der Waals surface area (Å²) in [6.45, 7) is -1.43. The van der Waals surface area contributed by atoms with Crippen molar-refractivity contribution in [2.45, 2.75) is 19.6 Å². The lowest BCUT2D eigenvalue weighted by atomic mass is 10.0. The Labute approximate surface area is 212 Å². The minimum absolute atomic E-state index is 0.00960. The first-order chi connectivity index (χ1) is 17.7. The van der Waals surface area contributed by atoms with Crippen molar-refractivity contribution in [1.29, 1.82) is 0 Å². The summed E-state index contributed by atoms with van der Waals surface area (Å²) in [5, 5.41) is 3.30. The number of aromatic nitrogens is 1. The Morgan fingerprint density at radius 1 is 0.946 bits per heavy atom. The van der Waals surface area contributed by atoms with E-state index < -0.39 is 24.6 Å². The van der Waals surface area contributed by atoms with Crippen molar-refractivity contribution < 1.29 is 27.8 Å². The highest BCUT2D eigenvalue weighted by molar-refractivity contribution is 6.06. The number of amides is 1. The third kappa shape index (κ3) is 6.19. The minimum atomic E-state index is -2.93. The van der Waals surface area contributed by atoms with Crippen molar-refractivity contribution in [3.63, 3.8) is 0 Å². The van der Waals surface area contributed by atoms with Crippen molar-refractivity contribution in [3.05, 3.63) is 84.4 Å². The topological polar surface area (TPSA) is 80.8 Å². The van der Waals surface area contributed by atoms with Gasteiger partial charge in [-0.3, -0.25) is 4.79 Å². The van der Waals surface area contributed by atoms with Crippen LogP contribution < -0.4 is 15.0 Å². The molecule has 0 aliphatic heterocycles. The zero-order valence-electron chi connectivity index (χ0n) is 20.4. The standard InChI is InChI=1S/C28H25F2N3O4/c1-17(26(34)31-19-10-12-20(13-11-19)33(2)3)36-27(35)23-16-25(32-24-7-5-4-6-22(23)24)18-8-14-21(15-9-18)37-28(29)30/h4-17,28H,1-3H3,(H,31,34). The Kier molecular flexibility index (Phi) is 7.62. The third-order valence-corrected chi connectivity index (χ3v) is 5.62. The largest absolute Gasteiger partial charge is 0.449 e. The number of nitrogens with one attached hydrogen (secondary N) is 1. The third-order valence-electron chi connectivity index (χ3n) is 5.62. The van der Waals surface area contributed by atoms with Gasteiger partial charge in [0.15, 0.2) is 6.10 Å². The lowest BCUT2D eigenvalue weighted by Crippen LogP contribution is -2.30. The molecule has 1 unspecified atom stereocenters. The number of hydrogen-bond donors (Lipinski definition) is 1. The number of fused-ring (bicyclic) bond motifs is 1. The number of halogens is 2. The van der Waals surface area contributed by atoms with Crippen LogP contribution >= 0.6 is 0 Å². The molecule has 7 nitrogen and oxygen atoms in total. The van der Waals surface area contributed by atoms with Crippen LogP contribution in [-0.4, -0.2) is 43.7 Å². The summed E-state index contributed by atoms with van der Waals surface area (Å²) in [6, 6.07) is 21.8. The molecule has 1 atom stereocenters. The maximum Gasteiger partial charge on any atom is 0.387 e. The molecule has 0 saturated carbocycles. The quantitative estimate of drug-likeness (QED) is 0.307. The number of carbonyl (C=O) groups is 2. The van der Waals surface area contributed by atoms with E-state index in [-0.39, 0.29) is 11.3 Å². The Morgan fingerprint density at radius 3 is 2.27 bits per heavy atom. The monoisotopic (exact) mass is 505 g/mol. The zero-order valence-corrected chi connectivity index (χ0v) is 20.4. The molecule has 0 aliphatic carbocycles. The summed E-state index contributed by atoms with van der Waals surface area (Å²) < 4.78 is 34.8. The predicted octanol–water partition coefficient (Wildman–Crippen LogP) is 5.75. The Morgan fingerprint density at radius 2 is 1.62 bits per heavy atom. The average molecular weight is 506 g/mol. The first-order valence-electron chi connectivity index (χ1n) is 11.5. The molecule has 190 valence electrons. The lowest BCUT2D eigenvalue weighted by Gasteiger charge is -2.16. The number of carbonyl (C=O) groups excluding carboxylic acids is 2. The van der Waals surface area contributed by atoms with E-state index >= 15 is 0 Å². The van der Waals surface area contributed by atoms with Gasteiger partial charge in [0.05, 0.1) is 16.8 Å². The number of ether oxygens (including phenoxy) is 2. The zero-order chi connectivity index (χ0) is 26.5. The molecule has 3 aromatic carbocycles. The van der Waals surface area contributed by atoms with Gasteiger partial charge in [-0.05, 0) is 67.6 Å². The number of nitrogens with zero attached hydrogens (tertiary/aromatic N) is 2. The molecule has 0 radical (unpaired) electrons. The van der Waals surface area contributed by atoms with E-state index in [4.69, 9.17) is 4.74 Å². The summed E-state index contributed by atoms with van der Waals surface area (Å²) in [5.74, 6) is -1.15. The molecule has 0 spiro atoms. The number of anilines is 2. The number of para-hydroxylation sites is 1. The summed E-state index contributed by atoms with van der Waals surface area (Å²) in [6.07, 6.45) is -1.07. The van der Waals surface area contributed by atoms with Crippen molar-refractivity contribution in [3.8, 4) is 17.0 Å². The summed E-state index contributed by atoms with van der Waals surface area (Å²) in [7, 11) is 3.83. The Hall–Kier alpha value is -4.53. The Bertz CT molecular complexity index is 1410. The van der Waals surface area contributed by atoms with Crippen molar-refractivity contribution >= 4 is 34.2 Å². The number of hydrogen-bond acceptors (Lipinski definition) is 6. The number of alkyl halides is 2. The van der Waals surface area contributed by atoms with Crippen molar-refractivity contribution in [1.82, 2.24) is 4.98 Å². The molecule has 4 aromatic rings. The van der Waals surface area contributed by atoms with Crippen LogP contribution in [0.3, 0.4) is 0 Å². The van der Waals surface area contributed by atoms with Gasteiger partial charge in [0, 0.05) is 36.4 Å². The smallest absolute Gasteiger partial charge is 0.387 e. The van der Waals surface area contributed by atoms with Gasteiger partial charge in [0.25, 0.3) is 5.91 Å². The second-order valence-corrected chi connectivity index (χ2v) is 8.45. The number of pyridine rings is 1. The lowest BCUT2D eigenvalue weighted by molar-refractivity contribution is -0.123. The molecule has 1 N–H and O–H groups in total. The van der Waals surface area contributed by atoms with Crippen molar-refractivity contribution in [2.24, 2.45) is 0 Å². The van der Waals surface area contributed by atoms with Crippen LogP contribution in [0.1, 0.15) is 17.3 Å². The number of esters is 1. The van der Waals surface area contributed by atoms with Crippen LogP contribution in [0.2, 0.25) is 0 Å². The van der Waals surface area contributed by atoms with Gasteiger partial charge in [0.2, 0.25) is 0 Å². The van der Waals surface area contributed by atoms with E-state index in [1.807, 2.05) is 31.1 Å². The fourth-order valence-electron chi connectivity index (χ4n) is 3.66. The van der Waals surface area contributed by atoms with Crippen LogP contribution in [-0.2, 0) is 9.53 Å². The maximum atomic E-state index is 13.2. The maximum absolute atomic E-state index is 13.2. The fourth-order valence-corrected chi connectivity index (χ4v) is 3.66. The van der Waals surface area contributed by atoms with Crippen LogP contribution in [0, 0.1) is 0 Å². The molecule has 4 rings (SSSR count). The van der Waals surface area contributed by atoms with Gasteiger partial charge >= 0.3 is 12.6 Å². The molecule has 0 bridgehead atoms. The van der Waals surface area contributed by atoms with E-state index in [2.05, 4.69) is 15.0 Å². The second kappa shape index (κ2) is 11.0. The first kappa shape index (κ1) is 25.6. The van der Waals surface area contributed by atoms with Crippen LogP contribution in [0.15, 0.2) is 78.9 Å². The molecule has 1 heterocycles. The minimum Gasteiger partial charge on any atom is -0.449 e. The summed E-state index contributed by atoms with van der Waals surface area (Å²) in [5.41, 5.74) is 3.35. The molecule has 0 aliphatic rings. The van der Waals surface area contributed by atoms with Gasteiger partial charge in [-0.1, -0.05) is 18.2 Å². The van der Waals surface area contributed by atoms with Crippen molar-refractivity contribution in [2.75, 3.05) is 24.3 Å². The molecular formula is C28H25F2N3O4. The number of rotatable bonds is 8. The highest BCUT2D eigenvalue weighted by atomic mass is 19.3. The van der Waals surface area contributed by atoms with E-state index in [0.29, 0.717) is 27.8 Å². The molecule has 37 heavy (non-hydrogen) atoms. The van der Waals surface area contributed by atoms with Crippen LogP contribution in [0.5, 0.6) is 5.75 Å². The molecular weight excluding hydrogens is 480 g/mol.